The van der Waals surface area contributed by atoms with Crippen molar-refractivity contribution in [2.45, 2.75) is 43.9 Å². The van der Waals surface area contributed by atoms with E-state index in [0.29, 0.717) is 33.6 Å². The molecule has 0 bridgehead atoms. The number of halogens is 2. The van der Waals surface area contributed by atoms with E-state index in [1.165, 1.54) is 11.0 Å². The highest BCUT2D eigenvalue weighted by Crippen LogP contribution is 2.38. The molecule has 0 spiro atoms. The van der Waals surface area contributed by atoms with E-state index in [1.54, 1.807) is 37.3 Å². The molecule has 0 N–H and O–H groups in total. The summed E-state index contributed by atoms with van der Waals surface area (Å²) in [5, 5.41) is 12.4. The number of amides is 2. The van der Waals surface area contributed by atoms with Gasteiger partial charge in [0.2, 0.25) is 5.91 Å². The summed E-state index contributed by atoms with van der Waals surface area (Å²) in [6, 6.07) is 21.4. The summed E-state index contributed by atoms with van der Waals surface area (Å²) in [6.07, 6.45) is 4.91. The van der Waals surface area contributed by atoms with E-state index in [2.05, 4.69) is 49.3 Å². The zero-order chi connectivity index (χ0) is 36.7. The van der Waals surface area contributed by atoms with Gasteiger partial charge in [0.05, 0.1) is 33.8 Å². The van der Waals surface area contributed by atoms with Gasteiger partial charge in [-0.2, -0.15) is 0 Å². The Morgan fingerprint density at radius 3 is 2.29 bits per heavy atom. The minimum atomic E-state index is -0.531. The number of rotatable bonds is 13. The van der Waals surface area contributed by atoms with Gasteiger partial charge in [0.25, 0.3) is 5.91 Å². The number of piperazine rings is 1. The molecule has 1 aromatic heterocycles. The van der Waals surface area contributed by atoms with Gasteiger partial charge in [0, 0.05) is 45.7 Å². The summed E-state index contributed by atoms with van der Waals surface area (Å²) >= 11 is 12.8. The third-order valence-corrected chi connectivity index (χ3v) is 11.5. The maximum Gasteiger partial charge on any atom is 0.257 e. The second-order valence-electron chi connectivity index (χ2n) is 13.9. The summed E-state index contributed by atoms with van der Waals surface area (Å²) in [5.74, 6) is 0.519. The smallest absolute Gasteiger partial charge is 0.257 e. The molecule has 11 nitrogen and oxygen atoms in total. The zero-order valence-corrected chi connectivity index (χ0v) is 31.8. The van der Waals surface area contributed by atoms with Crippen LogP contribution in [-0.4, -0.2) is 125 Å². The highest BCUT2D eigenvalue weighted by atomic mass is 35.5. The molecule has 2 aliphatic rings. The van der Waals surface area contributed by atoms with Gasteiger partial charge in [-0.05, 0) is 104 Å². The number of nitrogens with zero attached hydrogens (tertiary/aromatic N) is 8. The number of piperidine rings is 1. The molecule has 1 atom stereocenters. The van der Waals surface area contributed by atoms with Crippen molar-refractivity contribution in [3.8, 4) is 11.4 Å². The molecule has 0 radical (unpaired) electrons. The number of methoxy groups -OCH3 is 1. The van der Waals surface area contributed by atoms with Crippen LogP contribution in [0.1, 0.15) is 60.0 Å². The highest BCUT2D eigenvalue weighted by Gasteiger charge is 2.45. The molecule has 6 rings (SSSR count). The minimum absolute atomic E-state index is 0.0285. The van der Waals surface area contributed by atoms with Gasteiger partial charge >= 0.3 is 0 Å². The van der Waals surface area contributed by atoms with Crippen molar-refractivity contribution in [2.75, 3.05) is 73.1 Å². The normalized spacial score (nSPS) is 17.1. The van der Waals surface area contributed by atoms with Crippen LogP contribution in [0.3, 0.4) is 0 Å². The van der Waals surface area contributed by atoms with Crippen LogP contribution in [0.25, 0.3) is 5.69 Å². The van der Waals surface area contributed by atoms with Gasteiger partial charge in [-0.15, -0.1) is 5.10 Å². The maximum absolute atomic E-state index is 14.4. The van der Waals surface area contributed by atoms with Crippen molar-refractivity contribution in [3.63, 3.8) is 0 Å². The van der Waals surface area contributed by atoms with Crippen LogP contribution in [-0.2, 0) is 10.2 Å². The molecular formula is C39H48Cl2N8O3. The third-order valence-electron chi connectivity index (χ3n) is 10.7. The number of carbonyl (C=O) groups is 2. The van der Waals surface area contributed by atoms with Gasteiger partial charge in [0.15, 0.2) is 0 Å². The largest absolute Gasteiger partial charge is 0.496 e. The van der Waals surface area contributed by atoms with E-state index in [-0.39, 0.29) is 17.7 Å². The Labute approximate surface area is 316 Å². The van der Waals surface area contributed by atoms with Crippen LogP contribution in [0, 0.1) is 0 Å². The summed E-state index contributed by atoms with van der Waals surface area (Å²) in [5.41, 5.74) is 2.66. The standard InChI is InChI=1S/C39H48Cl2N8O3/c1-4-17-46-21-23-48(24-22-46)38(51)39(31-8-6-5-7-9-31)15-19-47(20-16-39)18-14-30(29-10-12-34(40)35(41)25-29)27-45(2)37(50)33-26-32(11-13-36(33)52-3)49-28-42-43-44-49/h5-13,25-26,28,30H,4,14-24,27H2,1-3H3. The predicted molar refractivity (Wildman–Crippen MR) is 204 cm³/mol. The molecule has 3 aromatic carbocycles. The van der Waals surface area contributed by atoms with Crippen molar-refractivity contribution in [3.05, 3.63) is 99.8 Å². The first-order chi connectivity index (χ1) is 25.2. The molecule has 2 aliphatic heterocycles. The van der Waals surface area contributed by atoms with E-state index >= 15 is 0 Å². The molecule has 2 amide bonds. The molecule has 2 saturated heterocycles. The minimum Gasteiger partial charge on any atom is -0.496 e. The van der Waals surface area contributed by atoms with Gasteiger partial charge in [-0.1, -0.05) is 66.5 Å². The fourth-order valence-electron chi connectivity index (χ4n) is 7.71. The van der Waals surface area contributed by atoms with Crippen LogP contribution in [0.2, 0.25) is 10.0 Å². The van der Waals surface area contributed by atoms with Gasteiger partial charge in [-0.3, -0.25) is 14.5 Å². The van der Waals surface area contributed by atoms with Gasteiger partial charge in [0.1, 0.15) is 12.1 Å². The molecule has 3 heterocycles. The molecule has 1 unspecified atom stereocenters. The number of benzene rings is 3. The Balaban J connectivity index is 1.16. The molecule has 0 aliphatic carbocycles. The van der Waals surface area contributed by atoms with Gasteiger partial charge < -0.3 is 19.4 Å². The van der Waals surface area contributed by atoms with Crippen molar-refractivity contribution in [1.82, 2.24) is 39.8 Å². The lowest BCUT2D eigenvalue weighted by Gasteiger charge is -2.45. The van der Waals surface area contributed by atoms with E-state index in [4.69, 9.17) is 27.9 Å². The summed E-state index contributed by atoms with van der Waals surface area (Å²) < 4.78 is 7.08. The quantitative estimate of drug-likeness (QED) is 0.169. The Morgan fingerprint density at radius 1 is 0.904 bits per heavy atom. The number of carbonyl (C=O) groups excluding carboxylic acids is 2. The monoisotopic (exact) mass is 746 g/mol. The Morgan fingerprint density at radius 2 is 1.63 bits per heavy atom. The first-order valence-corrected chi connectivity index (χ1v) is 18.9. The third kappa shape index (κ3) is 8.44. The Kier molecular flexibility index (Phi) is 12.5. The molecule has 4 aromatic rings. The van der Waals surface area contributed by atoms with E-state index in [0.717, 1.165) is 89.2 Å². The highest BCUT2D eigenvalue weighted by molar-refractivity contribution is 6.42. The first-order valence-electron chi connectivity index (χ1n) is 18.1. The predicted octanol–water partition coefficient (Wildman–Crippen LogP) is 5.81. The molecule has 13 heteroatoms. The van der Waals surface area contributed by atoms with E-state index in [1.807, 2.05) is 36.4 Å². The Bertz CT molecular complexity index is 1790. The first kappa shape index (κ1) is 37.7. The summed E-state index contributed by atoms with van der Waals surface area (Å²) in [7, 11) is 3.35. The number of tetrazole rings is 1. The average Bonchev–Trinajstić information content (AvgIpc) is 3.73. The number of aromatic nitrogens is 4. The van der Waals surface area contributed by atoms with Crippen LogP contribution in [0.5, 0.6) is 5.75 Å². The second-order valence-corrected chi connectivity index (χ2v) is 14.7. The molecule has 0 saturated carbocycles. The Hall–Kier alpha value is -4.03. The van der Waals surface area contributed by atoms with Crippen molar-refractivity contribution < 1.29 is 14.3 Å². The zero-order valence-electron chi connectivity index (χ0n) is 30.3. The fraction of sp³-hybridized carbons (Fsp3) is 0.462. The SMILES string of the molecule is CCCN1CCN(C(=O)C2(c3ccccc3)CCN(CCC(CN(C)C(=O)c3cc(-n4cnnn4)ccc3OC)c3ccc(Cl)c(Cl)c3)CC2)CC1. The molecular weight excluding hydrogens is 699 g/mol. The van der Waals surface area contributed by atoms with E-state index < -0.39 is 5.41 Å². The van der Waals surface area contributed by atoms with Crippen LogP contribution >= 0.6 is 23.2 Å². The average molecular weight is 748 g/mol. The number of ether oxygens (including phenoxy) is 1. The molecule has 52 heavy (non-hydrogen) atoms. The topological polar surface area (TPSA) is 99.9 Å². The fourth-order valence-corrected chi connectivity index (χ4v) is 8.01. The lowest BCUT2D eigenvalue weighted by atomic mass is 9.71. The number of hydrogen-bond donors (Lipinski definition) is 0. The number of likely N-dealkylation sites (tertiary alicyclic amines) is 1. The number of hydrogen-bond acceptors (Lipinski definition) is 8. The van der Waals surface area contributed by atoms with Crippen LogP contribution in [0.4, 0.5) is 0 Å². The van der Waals surface area contributed by atoms with Crippen molar-refractivity contribution in [2.24, 2.45) is 0 Å². The number of likely N-dealkylation sites (N-methyl/N-ethyl adjacent to an activating group) is 1. The summed E-state index contributed by atoms with van der Waals surface area (Å²) in [4.78, 5) is 37.1. The molecule has 2 fully saturated rings. The lowest BCUT2D eigenvalue weighted by molar-refractivity contribution is -0.141. The second kappa shape index (κ2) is 17.2. The molecule has 276 valence electrons. The van der Waals surface area contributed by atoms with Crippen LogP contribution in [0.15, 0.2) is 73.1 Å². The van der Waals surface area contributed by atoms with Crippen LogP contribution < -0.4 is 4.74 Å². The van der Waals surface area contributed by atoms with E-state index in [9.17, 15) is 9.59 Å². The lowest BCUT2D eigenvalue weighted by Crippen LogP contribution is -2.57. The van der Waals surface area contributed by atoms with Gasteiger partial charge in [-0.25, -0.2) is 4.68 Å². The maximum atomic E-state index is 14.4. The van der Waals surface area contributed by atoms with Crippen molar-refractivity contribution >= 4 is 35.0 Å². The summed E-state index contributed by atoms with van der Waals surface area (Å²) in [6.45, 7) is 9.57. The van der Waals surface area contributed by atoms with Crippen molar-refractivity contribution in [1.29, 1.82) is 0 Å².